The van der Waals surface area contributed by atoms with Gasteiger partial charge >= 0.3 is 6.08 Å². The molecular formula is C7H3ClNO2. The lowest BCUT2D eigenvalue weighted by Gasteiger charge is -1.84. The zero-order valence-electron chi connectivity index (χ0n) is 5.34. The molecule has 2 aromatic rings. The van der Waals surface area contributed by atoms with Gasteiger partial charge in [-0.1, -0.05) is 11.6 Å². The van der Waals surface area contributed by atoms with Crippen LogP contribution in [0.5, 0.6) is 6.08 Å². The normalized spacial score (nSPS) is 10.6. The van der Waals surface area contributed by atoms with Crippen LogP contribution >= 0.6 is 11.6 Å². The summed E-state index contributed by atoms with van der Waals surface area (Å²) in [5, 5.41) is 9.25. The lowest BCUT2D eigenvalue weighted by Crippen LogP contribution is -1.66. The Hall–Kier alpha value is -1.22. The van der Waals surface area contributed by atoms with Crippen molar-refractivity contribution in [3.05, 3.63) is 23.2 Å². The standard InChI is InChI=1S/C7H3ClNO2/c8-4-1-2-5-6(3-4)11-7(10)9-5/h2-3H,(H,9,10). The van der Waals surface area contributed by atoms with Gasteiger partial charge in [0.2, 0.25) is 0 Å². The molecule has 0 amide bonds. The zero-order chi connectivity index (χ0) is 7.84. The van der Waals surface area contributed by atoms with E-state index in [0.717, 1.165) is 0 Å². The van der Waals surface area contributed by atoms with Crippen molar-refractivity contribution in [2.45, 2.75) is 0 Å². The summed E-state index contributed by atoms with van der Waals surface area (Å²) in [6.45, 7) is 0. The van der Waals surface area contributed by atoms with E-state index in [1.54, 1.807) is 12.1 Å². The average molecular weight is 169 g/mol. The molecule has 1 heterocycles. The third-order valence-corrected chi connectivity index (χ3v) is 1.49. The van der Waals surface area contributed by atoms with Gasteiger partial charge in [-0.05, 0) is 6.07 Å². The maximum Gasteiger partial charge on any atom is 0.392 e. The molecule has 55 valence electrons. The molecule has 4 heteroatoms. The van der Waals surface area contributed by atoms with Crippen molar-refractivity contribution in [1.82, 2.24) is 4.98 Å². The van der Waals surface area contributed by atoms with Gasteiger partial charge in [-0.2, -0.15) is 4.98 Å². The van der Waals surface area contributed by atoms with Crippen molar-refractivity contribution in [1.29, 1.82) is 0 Å². The van der Waals surface area contributed by atoms with E-state index < -0.39 is 0 Å². The molecule has 1 aromatic carbocycles. The molecule has 0 aliphatic rings. The molecule has 3 nitrogen and oxygen atoms in total. The van der Waals surface area contributed by atoms with Crippen molar-refractivity contribution in [3.63, 3.8) is 0 Å². The largest absolute Gasteiger partial charge is 0.466 e. The quantitative estimate of drug-likeness (QED) is 0.654. The topological polar surface area (TPSA) is 46.3 Å². The van der Waals surface area contributed by atoms with Gasteiger partial charge in [0.15, 0.2) is 5.58 Å². The third kappa shape index (κ3) is 1.03. The molecule has 0 aliphatic heterocycles. The Kier molecular flexibility index (Phi) is 1.26. The molecule has 0 saturated heterocycles. The summed E-state index contributed by atoms with van der Waals surface area (Å²) in [5.41, 5.74) is 1.01. The smallest absolute Gasteiger partial charge is 0.392 e. The molecule has 0 saturated carbocycles. The Bertz CT molecular complexity index is 396. The summed E-state index contributed by atoms with van der Waals surface area (Å²) < 4.78 is 4.79. The molecule has 2 rings (SSSR count). The van der Waals surface area contributed by atoms with Gasteiger partial charge in [0.05, 0.1) is 5.02 Å². The summed E-state index contributed by atoms with van der Waals surface area (Å²) >= 11 is 5.60. The lowest BCUT2D eigenvalue weighted by atomic mass is 10.3. The zero-order valence-corrected chi connectivity index (χ0v) is 6.09. The summed E-state index contributed by atoms with van der Waals surface area (Å²) in [7, 11) is 0. The van der Waals surface area contributed by atoms with Crippen LogP contribution in [0.1, 0.15) is 0 Å². The van der Waals surface area contributed by atoms with Gasteiger partial charge in [-0.25, -0.2) is 0 Å². The van der Waals surface area contributed by atoms with Crippen LogP contribution in [0.3, 0.4) is 0 Å². The number of benzene rings is 1. The highest BCUT2D eigenvalue weighted by molar-refractivity contribution is 6.31. The number of halogens is 1. The molecular weight excluding hydrogens is 166 g/mol. The highest BCUT2D eigenvalue weighted by Gasteiger charge is 2.02. The maximum absolute atomic E-state index is 8.81. The van der Waals surface area contributed by atoms with Crippen LogP contribution < -0.4 is 0 Å². The summed E-state index contributed by atoms with van der Waals surface area (Å²) in [6, 6.07) is 5.82. The van der Waals surface area contributed by atoms with E-state index in [1.165, 1.54) is 0 Å². The minimum Gasteiger partial charge on any atom is -0.466 e. The monoisotopic (exact) mass is 168 g/mol. The summed E-state index contributed by atoms with van der Waals surface area (Å²) in [6.07, 6.45) is -0.351. The second kappa shape index (κ2) is 2.13. The van der Waals surface area contributed by atoms with Crippen LogP contribution in [0.4, 0.5) is 0 Å². The first kappa shape index (κ1) is 6.49. The number of aromatic hydroxyl groups is 1. The molecule has 0 fully saturated rings. The van der Waals surface area contributed by atoms with Crippen LogP contribution in [0.25, 0.3) is 11.1 Å². The molecule has 1 radical (unpaired) electrons. The van der Waals surface area contributed by atoms with Crippen molar-refractivity contribution in [3.8, 4) is 6.08 Å². The fraction of sp³-hybridized carbons (Fsp3) is 0. The number of rotatable bonds is 0. The summed E-state index contributed by atoms with van der Waals surface area (Å²) in [5.74, 6) is 0. The Balaban J connectivity index is 2.82. The second-order valence-electron chi connectivity index (χ2n) is 2.03. The minimum absolute atomic E-state index is 0.351. The van der Waals surface area contributed by atoms with E-state index in [4.69, 9.17) is 21.1 Å². The van der Waals surface area contributed by atoms with E-state index in [-0.39, 0.29) is 6.08 Å². The van der Waals surface area contributed by atoms with E-state index in [9.17, 15) is 0 Å². The number of nitrogens with zero attached hydrogens (tertiary/aromatic N) is 1. The summed E-state index contributed by atoms with van der Waals surface area (Å²) in [4.78, 5) is 3.65. The molecule has 0 spiro atoms. The highest BCUT2D eigenvalue weighted by Crippen LogP contribution is 2.21. The average Bonchev–Trinajstić information content (AvgIpc) is 2.27. The number of fused-ring (bicyclic) bond motifs is 1. The van der Waals surface area contributed by atoms with Gasteiger partial charge in [0.1, 0.15) is 5.52 Å². The van der Waals surface area contributed by atoms with E-state index in [0.29, 0.717) is 16.1 Å². The second-order valence-corrected chi connectivity index (χ2v) is 2.43. The van der Waals surface area contributed by atoms with Crippen LogP contribution in [-0.2, 0) is 0 Å². The molecule has 0 aliphatic carbocycles. The van der Waals surface area contributed by atoms with Crippen LogP contribution in [-0.4, -0.2) is 10.1 Å². The van der Waals surface area contributed by atoms with Crippen molar-refractivity contribution in [2.75, 3.05) is 0 Å². The van der Waals surface area contributed by atoms with Gasteiger partial charge in [0.25, 0.3) is 0 Å². The minimum atomic E-state index is -0.351. The predicted octanol–water partition coefficient (Wildman–Crippen LogP) is 1.99. The van der Waals surface area contributed by atoms with E-state index >= 15 is 0 Å². The molecule has 1 aromatic heterocycles. The van der Waals surface area contributed by atoms with Crippen molar-refractivity contribution in [2.24, 2.45) is 0 Å². The maximum atomic E-state index is 8.81. The molecule has 0 atom stereocenters. The number of aromatic nitrogens is 1. The number of oxazole rings is 1. The molecule has 1 N–H and O–H groups in total. The van der Waals surface area contributed by atoms with Crippen LogP contribution in [0.2, 0.25) is 5.02 Å². The van der Waals surface area contributed by atoms with Crippen LogP contribution in [0, 0.1) is 6.07 Å². The Morgan fingerprint density at radius 3 is 3.27 bits per heavy atom. The first-order valence-corrected chi connectivity index (χ1v) is 3.30. The van der Waals surface area contributed by atoms with Crippen LogP contribution in [0.15, 0.2) is 16.5 Å². The lowest BCUT2D eigenvalue weighted by molar-refractivity contribution is 0.328. The Morgan fingerprint density at radius 1 is 1.64 bits per heavy atom. The van der Waals surface area contributed by atoms with Crippen molar-refractivity contribution >= 4 is 22.7 Å². The van der Waals surface area contributed by atoms with Gasteiger partial charge in [-0.3, -0.25) is 0 Å². The van der Waals surface area contributed by atoms with Gasteiger partial charge in [-0.15, -0.1) is 0 Å². The number of hydrogen-bond donors (Lipinski definition) is 1. The fourth-order valence-corrected chi connectivity index (χ4v) is 0.986. The molecule has 11 heavy (non-hydrogen) atoms. The third-order valence-electron chi connectivity index (χ3n) is 1.27. The SMILES string of the molecule is Oc1nc2c[c]c(Cl)cc2o1. The Labute approximate surface area is 67.2 Å². The van der Waals surface area contributed by atoms with E-state index in [2.05, 4.69) is 11.1 Å². The van der Waals surface area contributed by atoms with Gasteiger partial charge in [0, 0.05) is 12.1 Å². The Morgan fingerprint density at radius 2 is 2.45 bits per heavy atom. The predicted molar refractivity (Wildman–Crippen MR) is 39.5 cm³/mol. The van der Waals surface area contributed by atoms with Crippen molar-refractivity contribution < 1.29 is 9.52 Å². The fourth-order valence-electron chi connectivity index (χ4n) is 0.832. The number of hydrogen-bond acceptors (Lipinski definition) is 3. The first-order valence-electron chi connectivity index (χ1n) is 2.92. The molecule has 0 bridgehead atoms. The first-order chi connectivity index (χ1) is 5.25. The highest BCUT2D eigenvalue weighted by atomic mass is 35.5. The van der Waals surface area contributed by atoms with E-state index in [1.807, 2.05) is 0 Å². The molecule has 0 unspecified atom stereocenters. The van der Waals surface area contributed by atoms with Gasteiger partial charge < -0.3 is 9.52 Å².